The first-order valence-electron chi connectivity index (χ1n) is 5.02. The van der Waals surface area contributed by atoms with Gasteiger partial charge in [0.05, 0.1) is 11.1 Å². The van der Waals surface area contributed by atoms with E-state index in [0.717, 1.165) is 25.1 Å². The molecule has 0 aliphatic carbocycles. The summed E-state index contributed by atoms with van der Waals surface area (Å²) < 4.78 is 7.72. The van der Waals surface area contributed by atoms with Gasteiger partial charge in [0.2, 0.25) is 0 Å². The minimum Gasteiger partial charge on any atom is -0.456 e. The standard InChI is InChI=1S/C13H10BrIO2/c14-12-6-9(8-16)4-5-13(12)17-11-3-1-2-10(15)7-11/h1-7,16H,8H2. The van der Waals surface area contributed by atoms with Gasteiger partial charge in [0, 0.05) is 3.57 Å². The molecule has 0 spiro atoms. The predicted molar refractivity (Wildman–Crippen MR) is 79.3 cm³/mol. The van der Waals surface area contributed by atoms with Crippen LogP contribution in [-0.2, 0) is 6.61 Å². The molecule has 0 unspecified atom stereocenters. The molecule has 4 heteroatoms. The van der Waals surface area contributed by atoms with E-state index in [9.17, 15) is 0 Å². The minimum atomic E-state index is 0.0299. The van der Waals surface area contributed by atoms with Crippen LogP contribution in [0.25, 0.3) is 0 Å². The summed E-state index contributed by atoms with van der Waals surface area (Å²) in [5, 5.41) is 9.02. The van der Waals surface area contributed by atoms with E-state index in [0.29, 0.717) is 0 Å². The molecular weight excluding hydrogens is 395 g/mol. The average Bonchev–Trinajstić information content (AvgIpc) is 2.32. The Hall–Kier alpha value is -0.590. The summed E-state index contributed by atoms with van der Waals surface area (Å²) in [6.07, 6.45) is 0. The molecule has 2 nitrogen and oxygen atoms in total. The Balaban J connectivity index is 2.24. The Bertz CT molecular complexity index is 529. The smallest absolute Gasteiger partial charge is 0.141 e. The lowest BCUT2D eigenvalue weighted by molar-refractivity contribution is 0.281. The molecule has 0 saturated heterocycles. The number of aliphatic hydroxyl groups excluding tert-OH is 1. The van der Waals surface area contributed by atoms with E-state index in [1.54, 1.807) is 0 Å². The zero-order chi connectivity index (χ0) is 12.3. The van der Waals surface area contributed by atoms with Gasteiger partial charge < -0.3 is 9.84 Å². The van der Waals surface area contributed by atoms with Gasteiger partial charge in [0.25, 0.3) is 0 Å². The first-order valence-corrected chi connectivity index (χ1v) is 6.89. The van der Waals surface area contributed by atoms with Crippen LogP contribution in [0, 0.1) is 3.57 Å². The van der Waals surface area contributed by atoms with E-state index >= 15 is 0 Å². The Morgan fingerprint density at radius 2 is 2.00 bits per heavy atom. The Labute approximate surface area is 122 Å². The van der Waals surface area contributed by atoms with E-state index in [2.05, 4.69) is 38.5 Å². The van der Waals surface area contributed by atoms with E-state index in [1.165, 1.54) is 0 Å². The number of benzene rings is 2. The molecule has 0 amide bonds. The summed E-state index contributed by atoms with van der Waals surface area (Å²) in [7, 11) is 0. The number of ether oxygens (including phenoxy) is 1. The monoisotopic (exact) mass is 404 g/mol. The van der Waals surface area contributed by atoms with E-state index in [-0.39, 0.29) is 6.61 Å². The van der Waals surface area contributed by atoms with Crippen molar-refractivity contribution in [1.29, 1.82) is 0 Å². The van der Waals surface area contributed by atoms with E-state index in [1.807, 2.05) is 42.5 Å². The third-order valence-corrected chi connectivity index (χ3v) is 3.49. The highest BCUT2D eigenvalue weighted by molar-refractivity contribution is 14.1. The van der Waals surface area contributed by atoms with Gasteiger partial charge in [-0.15, -0.1) is 0 Å². The maximum Gasteiger partial charge on any atom is 0.141 e. The quantitative estimate of drug-likeness (QED) is 0.771. The lowest BCUT2D eigenvalue weighted by Crippen LogP contribution is -1.88. The molecule has 0 bridgehead atoms. The zero-order valence-corrected chi connectivity index (χ0v) is 12.6. The van der Waals surface area contributed by atoms with Crippen molar-refractivity contribution < 1.29 is 9.84 Å². The molecule has 0 fully saturated rings. The molecule has 0 aliphatic heterocycles. The highest BCUT2D eigenvalue weighted by Crippen LogP contribution is 2.31. The first kappa shape index (κ1) is 12.9. The third-order valence-electron chi connectivity index (χ3n) is 2.20. The summed E-state index contributed by atoms with van der Waals surface area (Å²) in [6.45, 7) is 0.0299. The summed E-state index contributed by atoms with van der Waals surface area (Å²) in [5.74, 6) is 1.54. The molecule has 17 heavy (non-hydrogen) atoms. The van der Waals surface area contributed by atoms with Crippen molar-refractivity contribution in [2.45, 2.75) is 6.61 Å². The van der Waals surface area contributed by atoms with Crippen molar-refractivity contribution in [2.24, 2.45) is 0 Å². The fourth-order valence-electron chi connectivity index (χ4n) is 1.38. The molecule has 2 aromatic carbocycles. The van der Waals surface area contributed by atoms with Crippen molar-refractivity contribution in [1.82, 2.24) is 0 Å². The molecule has 1 N–H and O–H groups in total. The lowest BCUT2D eigenvalue weighted by Gasteiger charge is -2.09. The largest absolute Gasteiger partial charge is 0.456 e. The van der Waals surface area contributed by atoms with Gasteiger partial charge >= 0.3 is 0 Å². The van der Waals surface area contributed by atoms with Crippen molar-refractivity contribution in [2.75, 3.05) is 0 Å². The molecule has 2 rings (SSSR count). The highest BCUT2D eigenvalue weighted by Gasteiger charge is 2.04. The number of hydrogen-bond acceptors (Lipinski definition) is 2. The third kappa shape index (κ3) is 3.43. The molecule has 2 aromatic rings. The number of aliphatic hydroxyl groups is 1. The predicted octanol–water partition coefficient (Wildman–Crippen LogP) is 4.34. The second-order valence-corrected chi connectivity index (χ2v) is 5.58. The maximum atomic E-state index is 9.02. The van der Waals surface area contributed by atoms with Crippen LogP contribution in [0.1, 0.15) is 5.56 Å². The van der Waals surface area contributed by atoms with Gasteiger partial charge in [-0.25, -0.2) is 0 Å². The van der Waals surface area contributed by atoms with Crippen LogP contribution in [-0.4, -0.2) is 5.11 Å². The van der Waals surface area contributed by atoms with Gasteiger partial charge in [0.1, 0.15) is 11.5 Å². The van der Waals surface area contributed by atoms with Crippen LogP contribution in [0.5, 0.6) is 11.5 Å². The Morgan fingerprint density at radius 1 is 1.18 bits per heavy atom. The molecule has 88 valence electrons. The number of halogens is 2. The van der Waals surface area contributed by atoms with Gasteiger partial charge in [-0.1, -0.05) is 12.1 Å². The van der Waals surface area contributed by atoms with Crippen LogP contribution in [0.15, 0.2) is 46.9 Å². The fourth-order valence-corrected chi connectivity index (χ4v) is 2.40. The van der Waals surface area contributed by atoms with Crippen LogP contribution in [0.2, 0.25) is 0 Å². The van der Waals surface area contributed by atoms with Crippen LogP contribution < -0.4 is 4.74 Å². The topological polar surface area (TPSA) is 29.5 Å². The molecule has 0 atom stereocenters. The summed E-state index contributed by atoms with van der Waals surface area (Å²) in [4.78, 5) is 0. The first-order chi connectivity index (χ1) is 8.19. The van der Waals surface area contributed by atoms with Gasteiger partial charge in [-0.3, -0.25) is 0 Å². The molecular formula is C13H10BrIO2. The zero-order valence-electron chi connectivity index (χ0n) is 8.86. The van der Waals surface area contributed by atoms with E-state index in [4.69, 9.17) is 9.84 Å². The van der Waals surface area contributed by atoms with Gasteiger partial charge in [-0.2, -0.15) is 0 Å². The van der Waals surface area contributed by atoms with Crippen molar-refractivity contribution in [3.8, 4) is 11.5 Å². The van der Waals surface area contributed by atoms with Crippen LogP contribution in [0.3, 0.4) is 0 Å². The van der Waals surface area contributed by atoms with Crippen molar-refractivity contribution in [3.05, 3.63) is 56.1 Å². The fraction of sp³-hybridized carbons (Fsp3) is 0.0769. The molecule has 0 radical (unpaired) electrons. The second kappa shape index (κ2) is 5.84. The van der Waals surface area contributed by atoms with Gasteiger partial charge in [-0.05, 0) is 74.4 Å². The number of hydrogen-bond donors (Lipinski definition) is 1. The van der Waals surface area contributed by atoms with Gasteiger partial charge in [0.15, 0.2) is 0 Å². The van der Waals surface area contributed by atoms with Crippen molar-refractivity contribution >= 4 is 38.5 Å². The number of rotatable bonds is 3. The van der Waals surface area contributed by atoms with Crippen LogP contribution in [0.4, 0.5) is 0 Å². The highest BCUT2D eigenvalue weighted by atomic mass is 127. The second-order valence-electron chi connectivity index (χ2n) is 3.48. The van der Waals surface area contributed by atoms with Crippen molar-refractivity contribution in [3.63, 3.8) is 0 Å². The average molecular weight is 405 g/mol. The minimum absolute atomic E-state index is 0.0299. The molecule has 0 saturated carbocycles. The lowest BCUT2D eigenvalue weighted by atomic mass is 10.2. The summed E-state index contributed by atoms with van der Waals surface area (Å²) >= 11 is 5.67. The summed E-state index contributed by atoms with van der Waals surface area (Å²) in [6, 6.07) is 13.4. The molecule has 0 aromatic heterocycles. The Morgan fingerprint density at radius 3 is 2.65 bits per heavy atom. The molecule has 0 aliphatic rings. The van der Waals surface area contributed by atoms with E-state index < -0.39 is 0 Å². The Kier molecular flexibility index (Phi) is 4.42. The summed E-state index contributed by atoms with van der Waals surface area (Å²) in [5.41, 5.74) is 0.854. The maximum absolute atomic E-state index is 9.02. The molecule has 0 heterocycles. The van der Waals surface area contributed by atoms with Crippen LogP contribution >= 0.6 is 38.5 Å². The SMILES string of the molecule is OCc1ccc(Oc2cccc(I)c2)c(Br)c1. The normalized spacial score (nSPS) is 10.3.